The van der Waals surface area contributed by atoms with Gasteiger partial charge in [-0.05, 0) is 32.0 Å². The zero-order valence-electron chi connectivity index (χ0n) is 12.4. The number of anilines is 1. The van der Waals surface area contributed by atoms with E-state index in [2.05, 4.69) is 16.2 Å². The van der Waals surface area contributed by atoms with Gasteiger partial charge in [0.25, 0.3) is 9.84 Å². The van der Waals surface area contributed by atoms with E-state index < -0.39 is 26.1 Å². The first kappa shape index (κ1) is 18.0. The summed E-state index contributed by atoms with van der Waals surface area (Å²) in [7, 11) is -5.64. The van der Waals surface area contributed by atoms with Crippen molar-refractivity contribution in [3.63, 3.8) is 0 Å². The zero-order valence-corrected chi connectivity index (χ0v) is 13.2. The van der Waals surface area contributed by atoms with Crippen molar-refractivity contribution in [2.75, 3.05) is 11.9 Å². The molecule has 2 atom stereocenters. The average molecular weight is 355 g/mol. The van der Waals surface area contributed by atoms with Crippen LogP contribution >= 0.6 is 0 Å². The highest BCUT2D eigenvalue weighted by atomic mass is 32.2. The summed E-state index contributed by atoms with van der Waals surface area (Å²) in [6, 6.07) is 2.37. The van der Waals surface area contributed by atoms with Crippen LogP contribution in [0.2, 0.25) is 0 Å². The summed E-state index contributed by atoms with van der Waals surface area (Å²) in [5.74, 6) is -1.04. The first-order chi connectivity index (χ1) is 10.5. The molecule has 0 aliphatic carbocycles. The Labute approximate surface area is 131 Å². The predicted molar refractivity (Wildman–Crippen MR) is 76.8 cm³/mol. The lowest BCUT2D eigenvalue weighted by Crippen LogP contribution is -2.31. The number of benzene rings is 1. The van der Waals surface area contributed by atoms with Crippen molar-refractivity contribution >= 4 is 15.5 Å². The second kappa shape index (κ2) is 6.25. The number of rotatable bonds is 4. The summed E-state index contributed by atoms with van der Waals surface area (Å²) in [6.07, 6.45) is 0. The van der Waals surface area contributed by atoms with Gasteiger partial charge in [0, 0.05) is 24.5 Å². The first-order valence-electron chi connectivity index (χ1n) is 6.90. The zero-order chi connectivity index (χ0) is 17.4. The lowest BCUT2D eigenvalue weighted by Gasteiger charge is -2.20. The van der Waals surface area contributed by atoms with Gasteiger partial charge in [-0.3, -0.25) is 10.9 Å². The van der Waals surface area contributed by atoms with Gasteiger partial charge in [-0.25, -0.2) is 12.8 Å². The summed E-state index contributed by atoms with van der Waals surface area (Å²) in [5.41, 5.74) is 0.211. The molecule has 5 nitrogen and oxygen atoms in total. The van der Waals surface area contributed by atoms with Gasteiger partial charge in [-0.15, -0.1) is 0 Å². The molecule has 1 aromatic carbocycles. The van der Waals surface area contributed by atoms with E-state index in [1.807, 2.05) is 13.8 Å². The number of halogens is 4. The summed E-state index contributed by atoms with van der Waals surface area (Å²) in [5, 5.41) is 2.70. The molecule has 0 spiro atoms. The van der Waals surface area contributed by atoms with Crippen LogP contribution in [-0.4, -0.2) is 32.6 Å². The molecular weight excluding hydrogens is 338 g/mol. The molecule has 10 heteroatoms. The van der Waals surface area contributed by atoms with Crippen molar-refractivity contribution < 1.29 is 26.0 Å². The van der Waals surface area contributed by atoms with Crippen LogP contribution in [0.5, 0.6) is 0 Å². The number of hydrogen-bond donors (Lipinski definition) is 3. The van der Waals surface area contributed by atoms with Crippen molar-refractivity contribution in [3.8, 4) is 0 Å². The van der Waals surface area contributed by atoms with Crippen LogP contribution in [0.4, 0.5) is 23.2 Å². The molecule has 1 heterocycles. The van der Waals surface area contributed by atoms with Crippen LogP contribution in [0.3, 0.4) is 0 Å². The number of nitrogens with one attached hydrogen (secondary N) is 3. The van der Waals surface area contributed by atoms with Crippen molar-refractivity contribution in [1.29, 1.82) is 0 Å². The maximum Gasteiger partial charge on any atom is 0.501 e. The lowest BCUT2D eigenvalue weighted by atomic mass is 9.97. The van der Waals surface area contributed by atoms with E-state index in [4.69, 9.17) is 0 Å². The maximum atomic E-state index is 13.3. The molecule has 1 aliphatic rings. The third-order valence-electron chi connectivity index (χ3n) is 3.89. The van der Waals surface area contributed by atoms with Crippen molar-refractivity contribution in [3.05, 3.63) is 24.0 Å². The molecule has 1 aromatic rings. The van der Waals surface area contributed by atoms with E-state index in [1.165, 1.54) is 0 Å². The van der Waals surface area contributed by atoms with Crippen LogP contribution in [-0.2, 0) is 9.84 Å². The maximum absolute atomic E-state index is 13.3. The Morgan fingerprint density at radius 2 is 1.74 bits per heavy atom. The Bertz CT molecular complexity index is 668. The molecule has 0 amide bonds. The number of hydrogen-bond acceptors (Lipinski definition) is 5. The first-order valence-corrected chi connectivity index (χ1v) is 8.38. The average Bonchev–Trinajstić information content (AvgIpc) is 2.75. The Kier molecular flexibility index (Phi) is 4.88. The Hall–Kier alpha value is -1.39. The molecule has 1 fully saturated rings. The van der Waals surface area contributed by atoms with Gasteiger partial charge < -0.3 is 5.32 Å². The van der Waals surface area contributed by atoms with Gasteiger partial charge >= 0.3 is 5.51 Å². The molecule has 0 aromatic heterocycles. The fourth-order valence-corrected chi connectivity index (χ4v) is 3.43. The standard InChI is InChI=1S/C13H17F4N3O2S/c1-7-10(8(2)20-19-7)6-18-11-4-3-9(14)5-12(11)23(21,22)13(15,16)17/h3-5,7-8,10,18-20H,6H2,1-2H3. The molecule has 23 heavy (non-hydrogen) atoms. The molecular formula is C13H17F4N3O2S. The molecule has 1 saturated heterocycles. The second-order valence-electron chi connectivity index (χ2n) is 5.50. The molecule has 0 saturated carbocycles. The van der Waals surface area contributed by atoms with E-state index in [-0.39, 0.29) is 30.2 Å². The monoisotopic (exact) mass is 355 g/mol. The van der Waals surface area contributed by atoms with Gasteiger partial charge in [-0.2, -0.15) is 13.2 Å². The largest absolute Gasteiger partial charge is 0.501 e. The minimum atomic E-state index is -5.64. The second-order valence-corrected chi connectivity index (χ2v) is 7.41. The van der Waals surface area contributed by atoms with Crippen LogP contribution < -0.4 is 16.2 Å². The highest BCUT2D eigenvalue weighted by Gasteiger charge is 2.48. The van der Waals surface area contributed by atoms with E-state index >= 15 is 0 Å². The van der Waals surface area contributed by atoms with Gasteiger partial charge in [0.05, 0.1) is 5.69 Å². The predicted octanol–water partition coefficient (Wildman–Crippen LogP) is 2.03. The minimum absolute atomic E-state index is 0.0153. The number of sulfone groups is 1. The van der Waals surface area contributed by atoms with Crippen LogP contribution in [0.15, 0.2) is 23.1 Å². The number of alkyl halides is 3. The summed E-state index contributed by atoms with van der Waals surface area (Å²) >= 11 is 0. The Morgan fingerprint density at radius 1 is 1.17 bits per heavy atom. The molecule has 0 radical (unpaired) electrons. The fourth-order valence-electron chi connectivity index (χ4n) is 2.48. The number of hydrazine groups is 1. The molecule has 0 bridgehead atoms. The van der Waals surface area contributed by atoms with Gasteiger partial charge in [-0.1, -0.05) is 0 Å². The van der Waals surface area contributed by atoms with E-state index in [0.717, 1.165) is 12.1 Å². The van der Waals surface area contributed by atoms with Crippen LogP contribution in [0.1, 0.15) is 13.8 Å². The summed E-state index contributed by atoms with van der Waals surface area (Å²) in [6.45, 7) is 4.01. The van der Waals surface area contributed by atoms with Crippen LogP contribution in [0, 0.1) is 11.7 Å². The Morgan fingerprint density at radius 3 is 2.26 bits per heavy atom. The molecule has 3 N–H and O–H groups in total. The highest BCUT2D eigenvalue weighted by molar-refractivity contribution is 7.92. The smallest absolute Gasteiger partial charge is 0.384 e. The fraction of sp³-hybridized carbons (Fsp3) is 0.538. The topological polar surface area (TPSA) is 70.2 Å². The van der Waals surface area contributed by atoms with Crippen molar-refractivity contribution in [2.24, 2.45) is 5.92 Å². The molecule has 2 unspecified atom stereocenters. The quantitative estimate of drug-likeness (QED) is 0.721. The van der Waals surface area contributed by atoms with Gasteiger partial charge in [0.1, 0.15) is 10.7 Å². The van der Waals surface area contributed by atoms with E-state index in [1.54, 1.807) is 0 Å². The summed E-state index contributed by atoms with van der Waals surface area (Å²) in [4.78, 5) is -1.11. The molecule has 1 aliphatic heterocycles. The lowest BCUT2D eigenvalue weighted by molar-refractivity contribution is -0.0435. The third kappa shape index (κ3) is 3.59. The van der Waals surface area contributed by atoms with Crippen molar-refractivity contribution in [2.45, 2.75) is 36.3 Å². The van der Waals surface area contributed by atoms with Crippen molar-refractivity contribution in [1.82, 2.24) is 10.9 Å². The third-order valence-corrected chi connectivity index (χ3v) is 5.42. The molecule has 2 rings (SSSR count). The normalized spacial score (nSPS) is 25.6. The van der Waals surface area contributed by atoms with E-state index in [9.17, 15) is 26.0 Å². The van der Waals surface area contributed by atoms with Gasteiger partial charge in [0.15, 0.2) is 0 Å². The highest BCUT2D eigenvalue weighted by Crippen LogP contribution is 2.35. The Balaban J connectivity index is 2.30. The van der Waals surface area contributed by atoms with Gasteiger partial charge in [0.2, 0.25) is 0 Å². The van der Waals surface area contributed by atoms with Crippen LogP contribution in [0.25, 0.3) is 0 Å². The SMILES string of the molecule is CC1NNC(C)C1CNc1ccc(F)cc1S(=O)(=O)C(F)(F)F. The minimum Gasteiger partial charge on any atom is -0.384 e. The van der Waals surface area contributed by atoms with E-state index in [0.29, 0.717) is 6.07 Å². The molecule has 130 valence electrons. The summed E-state index contributed by atoms with van der Waals surface area (Å²) < 4.78 is 74.7.